The second-order valence-electron chi connectivity index (χ2n) is 4.98. The number of halogens is 1. The number of nitrogens with zero attached hydrogens (tertiary/aromatic N) is 2. The average molecular weight is 369 g/mol. The summed E-state index contributed by atoms with van der Waals surface area (Å²) < 4.78 is 0. The Morgan fingerprint density at radius 1 is 1.35 bits per heavy atom. The minimum atomic E-state index is 0. The van der Waals surface area contributed by atoms with E-state index in [1.807, 2.05) is 11.8 Å². The quantitative estimate of drug-likeness (QED) is 0.472. The number of aliphatic imine (C=N–C) groups is 1. The van der Waals surface area contributed by atoms with Gasteiger partial charge >= 0.3 is 0 Å². The molecule has 2 aliphatic rings. The van der Waals surface area contributed by atoms with E-state index in [0.29, 0.717) is 5.41 Å². The average Bonchev–Trinajstić information content (AvgIpc) is 2.29. The van der Waals surface area contributed by atoms with Gasteiger partial charge in [0.25, 0.3) is 0 Å². The van der Waals surface area contributed by atoms with Gasteiger partial charge in [-0.15, -0.1) is 24.0 Å². The Morgan fingerprint density at radius 3 is 2.47 bits per heavy atom. The number of hydrogen-bond acceptors (Lipinski definition) is 2. The molecule has 1 aliphatic heterocycles. The molecule has 0 spiro atoms. The van der Waals surface area contributed by atoms with Gasteiger partial charge in [-0.05, 0) is 24.7 Å². The van der Waals surface area contributed by atoms with Crippen LogP contribution >= 0.6 is 35.7 Å². The third-order valence-electron chi connectivity index (χ3n) is 4.08. The molecule has 1 aliphatic carbocycles. The Labute approximate surface area is 126 Å². The van der Waals surface area contributed by atoms with Crippen LogP contribution < -0.4 is 5.73 Å². The maximum absolute atomic E-state index is 6.06. The maximum Gasteiger partial charge on any atom is 0.191 e. The summed E-state index contributed by atoms with van der Waals surface area (Å²) in [5, 5.41) is 0. The van der Waals surface area contributed by atoms with Crippen LogP contribution in [0, 0.1) is 5.41 Å². The van der Waals surface area contributed by atoms with Crippen LogP contribution in [0.2, 0.25) is 0 Å². The molecular weight excluding hydrogens is 345 g/mol. The number of nitrogens with two attached hydrogens (primary N) is 1. The van der Waals surface area contributed by atoms with E-state index in [1.165, 1.54) is 37.2 Å². The highest BCUT2D eigenvalue weighted by Crippen LogP contribution is 2.43. The molecule has 1 saturated carbocycles. The molecule has 2 N–H and O–H groups in total. The lowest BCUT2D eigenvalue weighted by atomic mass is 9.67. The van der Waals surface area contributed by atoms with Crippen LogP contribution in [-0.2, 0) is 0 Å². The first-order chi connectivity index (χ1) is 7.76. The predicted molar refractivity (Wildman–Crippen MR) is 87.4 cm³/mol. The van der Waals surface area contributed by atoms with Crippen LogP contribution in [0.3, 0.4) is 0 Å². The van der Waals surface area contributed by atoms with Crippen molar-refractivity contribution in [3.05, 3.63) is 0 Å². The third-order valence-corrected chi connectivity index (χ3v) is 5.02. The molecule has 5 heteroatoms. The molecular formula is C12H24IN3S. The zero-order valence-corrected chi connectivity index (χ0v) is 13.8. The minimum Gasteiger partial charge on any atom is -0.370 e. The van der Waals surface area contributed by atoms with E-state index in [1.54, 1.807) is 0 Å². The van der Waals surface area contributed by atoms with E-state index in [9.17, 15) is 0 Å². The first kappa shape index (κ1) is 15.4. The van der Waals surface area contributed by atoms with Gasteiger partial charge < -0.3 is 10.6 Å². The maximum atomic E-state index is 6.06. The second-order valence-corrected chi connectivity index (χ2v) is 6.21. The van der Waals surface area contributed by atoms with Crippen molar-refractivity contribution in [1.29, 1.82) is 0 Å². The summed E-state index contributed by atoms with van der Waals surface area (Å²) in [5.41, 5.74) is 6.55. The van der Waals surface area contributed by atoms with E-state index in [0.717, 1.165) is 25.6 Å². The van der Waals surface area contributed by atoms with Crippen molar-refractivity contribution in [3.8, 4) is 0 Å². The van der Waals surface area contributed by atoms with Crippen molar-refractivity contribution >= 4 is 41.7 Å². The van der Waals surface area contributed by atoms with Gasteiger partial charge in [0.1, 0.15) is 0 Å². The molecule has 0 aromatic heterocycles. The summed E-state index contributed by atoms with van der Waals surface area (Å²) in [6.45, 7) is 5.36. The Balaban J connectivity index is 0.00000144. The molecule has 0 radical (unpaired) electrons. The lowest BCUT2D eigenvalue weighted by molar-refractivity contribution is 0.139. The summed E-state index contributed by atoms with van der Waals surface area (Å²) in [4.78, 5) is 6.86. The van der Waals surface area contributed by atoms with E-state index < -0.39 is 0 Å². The van der Waals surface area contributed by atoms with Crippen molar-refractivity contribution in [2.45, 2.75) is 32.6 Å². The molecule has 0 atom stereocenters. The highest BCUT2D eigenvalue weighted by Gasteiger charge is 2.34. The molecule has 0 aromatic carbocycles. The first-order valence-corrected chi connectivity index (χ1v) is 7.54. The van der Waals surface area contributed by atoms with Crippen molar-refractivity contribution in [1.82, 2.24) is 4.90 Å². The molecule has 0 unspecified atom stereocenters. The largest absolute Gasteiger partial charge is 0.370 e. The second kappa shape index (κ2) is 7.07. The number of rotatable bonds is 3. The number of guanidine groups is 1. The van der Waals surface area contributed by atoms with Gasteiger partial charge in [0.05, 0.1) is 0 Å². The molecule has 1 saturated heterocycles. The van der Waals surface area contributed by atoms with Gasteiger partial charge in [0, 0.05) is 31.1 Å². The standard InChI is InChI=1S/C12H23N3S.HI/c1-2-12(4-3-5-12)10-14-11(13)15-6-8-16-9-7-15;/h2-10H2,1H3,(H2,13,14);1H. The molecule has 17 heavy (non-hydrogen) atoms. The molecule has 1 heterocycles. The monoisotopic (exact) mass is 369 g/mol. The molecule has 2 rings (SSSR count). The Hall–Kier alpha value is 0.350. The van der Waals surface area contributed by atoms with Gasteiger partial charge in [0.2, 0.25) is 0 Å². The van der Waals surface area contributed by atoms with E-state index in [-0.39, 0.29) is 24.0 Å². The molecule has 2 fully saturated rings. The van der Waals surface area contributed by atoms with Gasteiger partial charge in [-0.1, -0.05) is 13.3 Å². The lowest BCUT2D eigenvalue weighted by Gasteiger charge is -2.40. The zero-order valence-electron chi connectivity index (χ0n) is 10.7. The minimum absolute atomic E-state index is 0. The number of thioether (sulfide) groups is 1. The summed E-state index contributed by atoms with van der Waals surface area (Å²) in [5.74, 6) is 3.16. The molecule has 0 bridgehead atoms. The Morgan fingerprint density at radius 2 is 2.00 bits per heavy atom. The van der Waals surface area contributed by atoms with E-state index >= 15 is 0 Å². The summed E-state index contributed by atoms with van der Waals surface area (Å²) >= 11 is 2.01. The fourth-order valence-electron chi connectivity index (χ4n) is 2.44. The van der Waals surface area contributed by atoms with Crippen molar-refractivity contribution in [2.75, 3.05) is 31.1 Å². The number of hydrogen-bond donors (Lipinski definition) is 1. The highest BCUT2D eigenvalue weighted by molar-refractivity contribution is 14.0. The smallest absolute Gasteiger partial charge is 0.191 e. The van der Waals surface area contributed by atoms with Gasteiger partial charge in [-0.2, -0.15) is 11.8 Å². The van der Waals surface area contributed by atoms with Gasteiger partial charge in [0.15, 0.2) is 5.96 Å². The third kappa shape index (κ3) is 3.91. The van der Waals surface area contributed by atoms with Crippen molar-refractivity contribution < 1.29 is 0 Å². The molecule has 0 amide bonds. The fraction of sp³-hybridized carbons (Fsp3) is 0.917. The van der Waals surface area contributed by atoms with E-state index in [4.69, 9.17) is 5.73 Å². The van der Waals surface area contributed by atoms with E-state index in [2.05, 4.69) is 16.8 Å². The first-order valence-electron chi connectivity index (χ1n) is 6.38. The molecule has 0 aromatic rings. The van der Waals surface area contributed by atoms with Gasteiger partial charge in [-0.3, -0.25) is 4.99 Å². The fourth-order valence-corrected chi connectivity index (χ4v) is 3.34. The lowest BCUT2D eigenvalue weighted by Crippen LogP contribution is -2.43. The predicted octanol–water partition coefficient (Wildman–Crippen LogP) is 2.55. The topological polar surface area (TPSA) is 41.6 Å². The normalized spacial score (nSPS) is 23.8. The van der Waals surface area contributed by atoms with Crippen LogP contribution in [-0.4, -0.2) is 42.0 Å². The summed E-state index contributed by atoms with van der Waals surface area (Å²) in [6.07, 6.45) is 5.31. The van der Waals surface area contributed by atoms with Crippen molar-refractivity contribution in [3.63, 3.8) is 0 Å². The Bertz CT molecular complexity index is 255. The molecule has 3 nitrogen and oxygen atoms in total. The van der Waals surface area contributed by atoms with Crippen LogP contribution in [0.1, 0.15) is 32.6 Å². The molecule has 100 valence electrons. The van der Waals surface area contributed by atoms with Crippen molar-refractivity contribution in [2.24, 2.45) is 16.1 Å². The Kier molecular flexibility index (Phi) is 6.40. The van der Waals surface area contributed by atoms with Crippen LogP contribution in [0.25, 0.3) is 0 Å². The van der Waals surface area contributed by atoms with Gasteiger partial charge in [-0.25, -0.2) is 0 Å². The van der Waals surface area contributed by atoms with Crippen LogP contribution in [0.4, 0.5) is 0 Å². The highest BCUT2D eigenvalue weighted by atomic mass is 127. The van der Waals surface area contributed by atoms with Crippen LogP contribution in [0.5, 0.6) is 0 Å². The van der Waals surface area contributed by atoms with Crippen LogP contribution in [0.15, 0.2) is 4.99 Å². The zero-order chi connectivity index (χ0) is 11.4. The summed E-state index contributed by atoms with van der Waals surface area (Å²) in [7, 11) is 0. The SMILES string of the molecule is CCC1(CN=C(N)N2CCSCC2)CCC1.I. The summed E-state index contributed by atoms with van der Waals surface area (Å²) in [6, 6.07) is 0.